The lowest BCUT2D eigenvalue weighted by molar-refractivity contribution is -0.141. The fourth-order valence-electron chi connectivity index (χ4n) is 1.75. The molecule has 2 aliphatic rings. The Kier molecular flexibility index (Phi) is 3.30. The Bertz CT molecular complexity index is 213. The quantitative estimate of drug-likeness (QED) is 0.640. The van der Waals surface area contributed by atoms with Gasteiger partial charge in [0.15, 0.2) is 0 Å². The molecule has 2 N–H and O–H groups in total. The maximum Gasteiger partial charge on any atom is 0.224 e. The number of aliphatic hydroxyl groups excluding tert-OH is 1. The van der Waals surface area contributed by atoms with Crippen molar-refractivity contribution in [1.29, 1.82) is 0 Å². The fourth-order valence-corrected chi connectivity index (χ4v) is 2.70. The Balaban J connectivity index is 1.71. The minimum atomic E-state index is -0.285. The normalized spacial score (nSPS) is 28.6. The second-order valence-electron chi connectivity index (χ2n) is 3.88. The average molecular weight is 216 g/mol. The molecule has 0 bridgehead atoms. The van der Waals surface area contributed by atoms with Gasteiger partial charge in [-0.15, -0.1) is 0 Å². The lowest BCUT2D eigenvalue weighted by Gasteiger charge is -2.37. The summed E-state index contributed by atoms with van der Waals surface area (Å²) < 4.78 is 0. The topological polar surface area (TPSA) is 52.6 Å². The number of hydrogen-bond acceptors (Lipinski definition) is 4. The Hall–Kier alpha value is -0.260. The molecule has 0 radical (unpaired) electrons. The van der Waals surface area contributed by atoms with E-state index < -0.39 is 0 Å². The Morgan fingerprint density at radius 3 is 2.93 bits per heavy atom. The van der Waals surface area contributed by atoms with Crippen LogP contribution in [-0.2, 0) is 4.79 Å². The summed E-state index contributed by atoms with van der Waals surface area (Å²) in [5.74, 6) is 2.35. The Morgan fingerprint density at radius 2 is 2.36 bits per heavy atom. The highest BCUT2D eigenvalue weighted by Gasteiger charge is 2.30. The van der Waals surface area contributed by atoms with E-state index in [0.29, 0.717) is 25.6 Å². The molecular formula is C9H16N2O2S. The van der Waals surface area contributed by atoms with E-state index in [0.717, 1.165) is 18.1 Å². The van der Waals surface area contributed by atoms with Crippen LogP contribution in [0.1, 0.15) is 6.42 Å². The van der Waals surface area contributed by atoms with Gasteiger partial charge in [0.1, 0.15) is 0 Å². The molecule has 0 aliphatic carbocycles. The zero-order chi connectivity index (χ0) is 9.97. The third-order valence-electron chi connectivity index (χ3n) is 2.63. The minimum Gasteiger partial charge on any atom is -0.389 e. The van der Waals surface area contributed by atoms with E-state index in [2.05, 4.69) is 5.32 Å². The van der Waals surface area contributed by atoms with Crippen molar-refractivity contribution in [1.82, 2.24) is 10.2 Å². The van der Waals surface area contributed by atoms with E-state index in [4.69, 9.17) is 5.11 Å². The van der Waals surface area contributed by atoms with E-state index in [-0.39, 0.29) is 12.0 Å². The Labute approximate surface area is 88.0 Å². The molecule has 1 amide bonds. The molecule has 1 unspecified atom stereocenters. The second kappa shape index (κ2) is 4.51. The standard InChI is InChI=1S/C9H16N2O2S/c12-8-4-11(5-8)9(13)3-7-6-14-2-1-10-7/h7-8,10,12H,1-6H2. The van der Waals surface area contributed by atoms with Gasteiger partial charge in [-0.05, 0) is 0 Å². The van der Waals surface area contributed by atoms with Crippen LogP contribution in [0.25, 0.3) is 0 Å². The number of β-amino-alcohol motifs (C(OH)–C–C–N with tert-alkyl or cyclic N) is 1. The van der Waals surface area contributed by atoms with Crippen LogP contribution in [0.2, 0.25) is 0 Å². The van der Waals surface area contributed by atoms with Crippen molar-refractivity contribution < 1.29 is 9.90 Å². The van der Waals surface area contributed by atoms with E-state index in [9.17, 15) is 4.79 Å². The maximum absolute atomic E-state index is 11.6. The van der Waals surface area contributed by atoms with Crippen LogP contribution in [0.15, 0.2) is 0 Å². The van der Waals surface area contributed by atoms with Crippen molar-refractivity contribution in [2.45, 2.75) is 18.6 Å². The first-order valence-electron chi connectivity index (χ1n) is 5.02. The zero-order valence-electron chi connectivity index (χ0n) is 8.11. The number of nitrogens with zero attached hydrogens (tertiary/aromatic N) is 1. The smallest absolute Gasteiger partial charge is 0.224 e. The lowest BCUT2D eigenvalue weighted by Crippen LogP contribution is -2.55. The SMILES string of the molecule is O=C(CC1CSCCN1)N1CC(O)C1. The summed E-state index contributed by atoms with van der Waals surface area (Å²) in [4.78, 5) is 13.3. The molecule has 2 heterocycles. The molecule has 2 rings (SSSR count). The molecule has 2 fully saturated rings. The van der Waals surface area contributed by atoms with Crippen LogP contribution in [0.4, 0.5) is 0 Å². The highest BCUT2D eigenvalue weighted by Crippen LogP contribution is 2.14. The first kappa shape index (κ1) is 10.3. The summed E-state index contributed by atoms with van der Waals surface area (Å²) in [6.07, 6.45) is 0.298. The fraction of sp³-hybridized carbons (Fsp3) is 0.889. The molecule has 0 aromatic carbocycles. The molecule has 2 aliphatic heterocycles. The van der Waals surface area contributed by atoms with Crippen molar-refractivity contribution in [3.63, 3.8) is 0 Å². The summed E-state index contributed by atoms with van der Waals surface area (Å²) in [5, 5.41) is 12.4. The number of amides is 1. The van der Waals surface area contributed by atoms with Gasteiger partial charge in [0.25, 0.3) is 0 Å². The summed E-state index contributed by atoms with van der Waals surface area (Å²) in [5.41, 5.74) is 0. The van der Waals surface area contributed by atoms with E-state index in [1.54, 1.807) is 4.90 Å². The molecule has 4 nitrogen and oxygen atoms in total. The number of carbonyl (C=O) groups excluding carboxylic acids is 1. The molecule has 0 saturated carbocycles. The van der Waals surface area contributed by atoms with Crippen LogP contribution in [0, 0.1) is 0 Å². The van der Waals surface area contributed by atoms with Crippen LogP contribution in [0.5, 0.6) is 0 Å². The summed E-state index contributed by atoms with van der Waals surface area (Å²) in [6.45, 7) is 2.06. The van der Waals surface area contributed by atoms with Gasteiger partial charge in [-0.2, -0.15) is 11.8 Å². The molecule has 0 spiro atoms. The summed E-state index contributed by atoms with van der Waals surface area (Å²) in [7, 11) is 0. The van der Waals surface area contributed by atoms with E-state index >= 15 is 0 Å². The maximum atomic E-state index is 11.6. The highest BCUT2D eigenvalue weighted by molar-refractivity contribution is 7.99. The van der Waals surface area contributed by atoms with E-state index in [1.807, 2.05) is 11.8 Å². The summed E-state index contributed by atoms with van der Waals surface area (Å²) >= 11 is 1.90. The average Bonchev–Trinajstić information content (AvgIpc) is 2.14. The first-order chi connectivity index (χ1) is 6.75. The number of nitrogens with one attached hydrogen (secondary N) is 1. The molecule has 5 heteroatoms. The van der Waals surface area contributed by atoms with Crippen molar-refractivity contribution in [3.8, 4) is 0 Å². The van der Waals surface area contributed by atoms with Crippen molar-refractivity contribution in [2.75, 3.05) is 31.1 Å². The van der Waals surface area contributed by atoms with Crippen molar-refractivity contribution >= 4 is 17.7 Å². The number of carbonyl (C=O) groups is 1. The van der Waals surface area contributed by atoms with Crippen LogP contribution < -0.4 is 5.32 Å². The van der Waals surface area contributed by atoms with Crippen molar-refractivity contribution in [3.05, 3.63) is 0 Å². The van der Waals surface area contributed by atoms with Gasteiger partial charge in [0.2, 0.25) is 5.91 Å². The molecule has 14 heavy (non-hydrogen) atoms. The predicted octanol–water partition coefficient (Wildman–Crippen LogP) is -0.715. The van der Waals surface area contributed by atoms with Gasteiger partial charge in [-0.3, -0.25) is 4.79 Å². The third kappa shape index (κ3) is 2.40. The van der Waals surface area contributed by atoms with E-state index in [1.165, 1.54) is 0 Å². The van der Waals surface area contributed by atoms with Crippen LogP contribution >= 0.6 is 11.8 Å². The Morgan fingerprint density at radius 1 is 1.57 bits per heavy atom. The molecule has 2 saturated heterocycles. The summed E-state index contributed by atoms with van der Waals surface area (Å²) in [6, 6.07) is 0.332. The second-order valence-corrected chi connectivity index (χ2v) is 5.03. The van der Waals surface area contributed by atoms with Crippen LogP contribution in [-0.4, -0.2) is 59.2 Å². The number of rotatable bonds is 2. The molecule has 0 aromatic rings. The third-order valence-corrected chi connectivity index (χ3v) is 3.77. The predicted molar refractivity (Wildman–Crippen MR) is 56.3 cm³/mol. The first-order valence-corrected chi connectivity index (χ1v) is 6.18. The van der Waals surface area contributed by atoms with Gasteiger partial charge in [-0.25, -0.2) is 0 Å². The largest absolute Gasteiger partial charge is 0.389 e. The molecule has 0 aromatic heterocycles. The number of likely N-dealkylation sites (tertiary alicyclic amines) is 1. The monoisotopic (exact) mass is 216 g/mol. The zero-order valence-corrected chi connectivity index (χ0v) is 8.92. The van der Waals surface area contributed by atoms with Gasteiger partial charge < -0.3 is 15.3 Å². The molecule has 80 valence electrons. The minimum absolute atomic E-state index is 0.176. The van der Waals surface area contributed by atoms with Crippen LogP contribution in [0.3, 0.4) is 0 Å². The van der Waals surface area contributed by atoms with Gasteiger partial charge in [0.05, 0.1) is 6.10 Å². The molecular weight excluding hydrogens is 200 g/mol. The number of aliphatic hydroxyl groups is 1. The number of thioether (sulfide) groups is 1. The number of hydrogen-bond donors (Lipinski definition) is 2. The molecule has 1 atom stereocenters. The van der Waals surface area contributed by atoms with Gasteiger partial charge in [-0.1, -0.05) is 0 Å². The van der Waals surface area contributed by atoms with Gasteiger partial charge in [0, 0.05) is 43.6 Å². The van der Waals surface area contributed by atoms with Crippen molar-refractivity contribution in [2.24, 2.45) is 0 Å². The lowest BCUT2D eigenvalue weighted by atomic mass is 10.1. The highest BCUT2D eigenvalue weighted by atomic mass is 32.2. The van der Waals surface area contributed by atoms with Gasteiger partial charge >= 0.3 is 0 Å².